The van der Waals surface area contributed by atoms with E-state index in [1.54, 1.807) is 11.3 Å². The summed E-state index contributed by atoms with van der Waals surface area (Å²) in [7, 11) is 0. The topological polar surface area (TPSA) is 24.1 Å². The van der Waals surface area contributed by atoms with E-state index in [1.165, 1.54) is 16.7 Å². The van der Waals surface area contributed by atoms with Gasteiger partial charge in [0.2, 0.25) is 0 Å². The fourth-order valence-electron chi connectivity index (χ4n) is 2.01. The first-order chi connectivity index (χ1) is 9.92. The van der Waals surface area contributed by atoms with Crippen LogP contribution in [0.25, 0.3) is 11.1 Å². The predicted molar refractivity (Wildman–Crippen MR) is 86.7 cm³/mol. The van der Waals surface area contributed by atoms with Gasteiger partial charge in [-0.15, -0.1) is 0 Å². The largest absolute Gasteiger partial charge is 0.321 e. The number of rotatable bonds is 5. The normalized spacial score (nSPS) is 10.4. The van der Waals surface area contributed by atoms with Crippen LogP contribution in [0.1, 0.15) is 5.56 Å². The van der Waals surface area contributed by atoms with Gasteiger partial charge in [-0.2, -0.15) is 11.3 Å². The summed E-state index contributed by atoms with van der Waals surface area (Å²) in [5, 5.41) is 4.28. The van der Waals surface area contributed by atoms with Crippen LogP contribution in [0.3, 0.4) is 0 Å². The van der Waals surface area contributed by atoms with Crippen LogP contribution in [-0.2, 0) is 6.54 Å². The quantitative estimate of drug-likeness (QED) is 0.671. The van der Waals surface area contributed by atoms with E-state index in [1.807, 2.05) is 30.3 Å². The van der Waals surface area contributed by atoms with Crippen LogP contribution in [0.15, 0.2) is 71.4 Å². The Labute approximate surface area is 123 Å². The molecule has 0 saturated carbocycles. The third-order valence-corrected chi connectivity index (χ3v) is 3.79. The van der Waals surface area contributed by atoms with Crippen molar-refractivity contribution in [2.75, 3.05) is 5.43 Å². The first-order valence-corrected chi connectivity index (χ1v) is 7.51. The summed E-state index contributed by atoms with van der Waals surface area (Å²) in [4.78, 5) is 0. The van der Waals surface area contributed by atoms with E-state index in [9.17, 15) is 0 Å². The minimum absolute atomic E-state index is 0.790. The fourth-order valence-corrected chi connectivity index (χ4v) is 2.68. The molecule has 0 aliphatic rings. The monoisotopic (exact) mass is 280 g/mol. The van der Waals surface area contributed by atoms with Crippen molar-refractivity contribution in [3.05, 3.63) is 77.0 Å². The lowest BCUT2D eigenvalue weighted by Gasteiger charge is -2.08. The number of hydrogen-bond acceptors (Lipinski definition) is 3. The number of benzene rings is 2. The average molecular weight is 280 g/mol. The van der Waals surface area contributed by atoms with Crippen molar-refractivity contribution >= 4 is 17.0 Å². The van der Waals surface area contributed by atoms with E-state index in [-0.39, 0.29) is 0 Å². The van der Waals surface area contributed by atoms with Gasteiger partial charge in [0.1, 0.15) is 0 Å². The molecule has 0 radical (unpaired) electrons. The third kappa shape index (κ3) is 3.26. The van der Waals surface area contributed by atoms with Gasteiger partial charge in [0.15, 0.2) is 0 Å². The second-order valence-electron chi connectivity index (χ2n) is 4.55. The zero-order valence-corrected chi connectivity index (χ0v) is 11.9. The number of thiophene rings is 1. The van der Waals surface area contributed by atoms with E-state index < -0.39 is 0 Å². The first kappa shape index (κ1) is 12.9. The van der Waals surface area contributed by atoms with Crippen LogP contribution in [0.4, 0.5) is 5.69 Å². The lowest BCUT2D eigenvalue weighted by Crippen LogP contribution is -2.20. The minimum Gasteiger partial charge on any atom is -0.321 e. The van der Waals surface area contributed by atoms with Crippen LogP contribution in [0.2, 0.25) is 0 Å². The highest BCUT2D eigenvalue weighted by atomic mass is 32.1. The van der Waals surface area contributed by atoms with E-state index in [2.05, 4.69) is 51.9 Å². The van der Waals surface area contributed by atoms with Gasteiger partial charge in [0.25, 0.3) is 0 Å². The molecule has 100 valence electrons. The van der Waals surface area contributed by atoms with Crippen LogP contribution in [0.5, 0.6) is 0 Å². The Kier molecular flexibility index (Phi) is 4.11. The van der Waals surface area contributed by atoms with Gasteiger partial charge in [-0.1, -0.05) is 42.5 Å². The maximum Gasteiger partial charge on any atom is 0.0487 e. The molecule has 0 aliphatic carbocycles. The molecule has 3 rings (SSSR count). The highest BCUT2D eigenvalue weighted by Gasteiger charge is 1.98. The molecule has 0 spiro atoms. The highest BCUT2D eigenvalue weighted by Crippen LogP contribution is 2.22. The van der Waals surface area contributed by atoms with Gasteiger partial charge < -0.3 is 5.43 Å². The average Bonchev–Trinajstić information content (AvgIpc) is 3.03. The maximum atomic E-state index is 3.22. The Balaban J connectivity index is 1.56. The van der Waals surface area contributed by atoms with Gasteiger partial charge >= 0.3 is 0 Å². The number of hydrazine groups is 1. The smallest absolute Gasteiger partial charge is 0.0487 e. The number of anilines is 1. The summed E-state index contributed by atoms with van der Waals surface area (Å²) >= 11 is 1.73. The fraction of sp³-hybridized carbons (Fsp3) is 0.0588. The van der Waals surface area contributed by atoms with Gasteiger partial charge in [0.05, 0.1) is 0 Å². The Bertz CT molecular complexity index is 631. The zero-order valence-electron chi connectivity index (χ0n) is 11.0. The first-order valence-electron chi connectivity index (χ1n) is 6.57. The number of hydrogen-bond donors (Lipinski definition) is 2. The standard InChI is InChI=1S/C17H16N2S/c1-2-4-17(5-3-1)19-18-12-14-6-8-15(9-7-14)16-10-11-20-13-16/h1-11,13,18-19H,12H2. The van der Waals surface area contributed by atoms with E-state index in [0.29, 0.717) is 0 Å². The van der Waals surface area contributed by atoms with Crippen LogP contribution < -0.4 is 10.9 Å². The van der Waals surface area contributed by atoms with Crippen molar-refractivity contribution in [3.63, 3.8) is 0 Å². The van der Waals surface area contributed by atoms with Gasteiger partial charge in [-0.05, 0) is 45.6 Å². The molecule has 2 N–H and O–H groups in total. The van der Waals surface area contributed by atoms with Gasteiger partial charge in [-0.3, -0.25) is 0 Å². The predicted octanol–water partition coefficient (Wildman–Crippen LogP) is 4.53. The summed E-state index contributed by atoms with van der Waals surface area (Å²) in [6.45, 7) is 0.790. The number of para-hydroxylation sites is 1. The Morgan fingerprint density at radius 3 is 2.30 bits per heavy atom. The molecule has 3 heteroatoms. The summed E-state index contributed by atoms with van der Waals surface area (Å²) in [5.41, 5.74) is 11.3. The molecule has 20 heavy (non-hydrogen) atoms. The van der Waals surface area contributed by atoms with Crippen molar-refractivity contribution < 1.29 is 0 Å². The van der Waals surface area contributed by atoms with Crippen molar-refractivity contribution in [2.24, 2.45) is 0 Å². The van der Waals surface area contributed by atoms with E-state index in [0.717, 1.165) is 12.2 Å². The molecule has 3 aromatic rings. The summed E-state index contributed by atoms with van der Waals surface area (Å²) in [6.07, 6.45) is 0. The molecule has 2 nitrogen and oxygen atoms in total. The third-order valence-electron chi connectivity index (χ3n) is 3.11. The highest BCUT2D eigenvalue weighted by molar-refractivity contribution is 7.08. The lowest BCUT2D eigenvalue weighted by atomic mass is 10.1. The van der Waals surface area contributed by atoms with Crippen molar-refractivity contribution in [1.82, 2.24) is 5.43 Å². The summed E-state index contributed by atoms with van der Waals surface area (Å²) < 4.78 is 0. The Hall–Kier alpha value is -2.10. The molecule has 0 fully saturated rings. The Morgan fingerprint density at radius 2 is 1.60 bits per heavy atom. The minimum atomic E-state index is 0.790. The molecule has 0 bridgehead atoms. The van der Waals surface area contributed by atoms with Crippen LogP contribution in [0, 0.1) is 0 Å². The van der Waals surface area contributed by atoms with E-state index in [4.69, 9.17) is 0 Å². The summed E-state index contributed by atoms with van der Waals surface area (Å²) in [5.74, 6) is 0. The molecule has 1 aromatic heterocycles. The van der Waals surface area contributed by atoms with Crippen LogP contribution in [-0.4, -0.2) is 0 Å². The molecule has 0 atom stereocenters. The SMILES string of the molecule is c1ccc(NNCc2ccc(-c3ccsc3)cc2)cc1. The second kappa shape index (κ2) is 6.37. The van der Waals surface area contributed by atoms with Gasteiger partial charge in [0, 0.05) is 12.2 Å². The number of nitrogens with one attached hydrogen (secondary N) is 2. The second-order valence-corrected chi connectivity index (χ2v) is 5.33. The molecule has 0 unspecified atom stereocenters. The van der Waals surface area contributed by atoms with Crippen molar-refractivity contribution in [2.45, 2.75) is 6.54 Å². The maximum absolute atomic E-state index is 3.22. The van der Waals surface area contributed by atoms with Crippen molar-refractivity contribution in [1.29, 1.82) is 0 Å². The zero-order chi connectivity index (χ0) is 13.6. The van der Waals surface area contributed by atoms with E-state index >= 15 is 0 Å². The molecular formula is C17H16N2S. The molecule has 0 aliphatic heterocycles. The molecule has 1 heterocycles. The molecule has 2 aromatic carbocycles. The Morgan fingerprint density at radius 1 is 0.800 bits per heavy atom. The van der Waals surface area contributed by atoms with Crippen LogP contribution >= 0.6 is 11.3 Å². The lowest BCUT2D eigenvalue weighted by molar-refractivity contribution is 0.801. The summed E-state index contributed by atoms with van der Waals surface area (Å²) in [6, 6.07) is 20.9. The molecule has 0 amide bonds. The molecular weight excluding hydrogens is 264 g/mol. The van der Waals surface area contributed by atoms with Gasteiger partial charge in [-0.25, -0.2) is 5.43 Å². The van der Waals surface area contributed by atoms with Crippen molar-refractivity contribution in [3.8, 4) is 11.1 Å². The molecule has 0 saturated heterocycles.